The number of likely N-dealkylation sites (tertiary alicyclic amines) is 1. The van der Waals surface area contributed by atoms with E-state index >= 15 is 0 Å². The zero-order valence-corrected chi connectivity index (χ0v) is 13.4. The van der Waals surface area contributed by atoms with Gasteiger partial charge in [0.05, 0.1) is 13.2 Å². The summed E-state index contributed by atoms with van der Waals surface area (Å²) in [7, 11) is 0. The van der Waals surface area contributed by atoms with E-state index in [9.17, 15) is 8.78 Å². The second-order valence-electron chi connectivity index (χ2n) is 6.58. The number of fused-ring (bicyclic) bond motifs is 1. The van der Waals surface area contributed by atoms with Crippen molar-refractivity contribution in [2.24, 2.45) is 5.92 Å². The molecule has 3 heterocycles. The van der Waals surface area contributed by atoms with E-state index in [0.29, 0.717) is 19.1 Å². The first kappa shape index (κ1) is 15.7. The summed E-state index contributed by atoms with van der Waals surface area (Å²) in [5.41, 5.74) is 0.859. The summed E-state index contributed by atoms with van der Waals surface area (Å²) in [5, 5.41) is 8.48. The number of nitrogens with zero attached hydrogens (tertiary/aromatic N) is 4. The first-order valence-electron chi connectivity index (χ1n) is 8.34. The fraction of sp³-hybridized carbons (Fsp3) is 0.529. The van der Waals surface area contributed by atoms with E-state index in [0.717, 1.165) is 56.2 Å². The van der Waals surface area contributed by atoms with Crippen molar-refractivity contribution in [2.45, 2.75) is 32.5 Å². The Kier molecular flexibility index (Phi) is 4.28. The van der Waals surface area contributed by atoms with E-state index in [-0.39, 0.29) is 0 Å². The molecule has 1 aromatic carbocycles. The van der Waals surface area contributed by atoms with Gasteiger partial charge in [0.25, 0.3) is 0 Å². The lowest BCUT2D eigenvalue weighted by Gasteiger charge is -2.19. The van der Waals surface area contributed by atoms with Crippen molar-refractivity contribution in [3.05, 3.63) is 47.0 Å². The summed E-state index contributed by atoms with van der Waals surface area (Å²) in [6.45, 7) is 4.76. The van der Waals surface area contributed by atoms with Crippen LogP contribution in [0.2, 0.25) is 0 Å². The summed E-state index contributed by atoms with van der Waals surface area (Å²) in [6.07, 6.45) is 1.84. The minimum Gasteiger partial charge on any atom is -0.372 e. The van der Waals surface area contributed by atoms with Crippen LogP contribution in [0.5, 0.6) is 0 Å². The van der Waals surface area contributed by atoms with Crippen molar-refractivity contribution >= 4 is 0 Å². The van der Waals surface area contributed by atoms with Crippen molar-refractivity contribution in [1.29, 1.82) is 0 Å². The zero-order valence-electron chi connectivity index (χ0n) is 13.4. The van der Waals surface area contributed by atoms with Gasteiger partial charge in [-0.25, -0.2) is 8.78 Å². The average molecular weight is 334 g/mol. The number of benzene rings is 1. The Morgan fingerprint density at radius 2 is 2.08 bits per heavy atom. The Balaban J connectivity index is 1.36. The van der Waals surface area contributed by atoms with Gasteiger partial charge in [0.2, 0.25) is 0 Å². The SMILES string of the molecule is Fc1ccc(CC2CCN(Cc3nnc4n3CCOC4)C2)cc1F. The number of aromatic nitrogens is 3. The molecule has 0 saturated carbocycles. The molecule has 2 aliphatic heterocycles. The van der Waals surface area contributed by atoms with Crippen LogP contribution in [0.15, 0.2) is 18.2 Å². The van der Waals surface area contributed by atoms with Crippen LogP contribution >= 0.6 is 0 Å². The molecule has 1 atom stereocenters. The van der Waals surface area contributed by atoms with E-state index in [1.807, 2.05) is 0 Å². The largest absolute Gasteiger partial charge is 0.372 e. The fourth-order valence-corrected chi connectivity index (χ4v) is 3.60. The summed E-state index contributed by atoms with van der Waals surface area (Å²) >= 11 is 0. The Morgan fingerprint density at radius 3 is 2.96 bits per heavy atom. The van der Waals surface area contributed by atoms with Gasteiger partial charge in [-0.05, 0) is 43.0 Å². The van der Waals surface area contributed by atoms with E-state index in [2.05, 4.69) is 19.7 Å². The third kappa shape index (κ3) is 3.18. The molecule has 128 valence electrons. The molecule has 0 N–H and O–H groups in total. The molecule has 2 aliphatic rings. The minimum absolute atomic E-state index is 0.460. The number of ether oxygens (including phenoxy) is 1. The second-order valence-corrected chi connectivity index (χ2v) is 6.58. The first-order chi connectivity index (χ1) is 11.7. The number of hydrogen-bond acceptors (Lipinski definition) is 4. The number of rotatable bonds is 4. The summed E-state index contributed by atoms with van der Waals surface area (Å²) in [6, 6.07) is 4.20. The van der Waals surface area contributed by atoms with Crippen LogP contribution in [0.4, 0.5) is 8.78 Å². The van der Waals surface area contributed by atoms with Gasteiger partial charge in [-0.1, -0.05) is 6.07 Å². The molecule has 0 aliphatic carbocycles. The van der Waals surface area contributed by atoms with Gasteiger partial charge in [-0.2, -0.15) is 0 Å². The van der Waals surface area contributed by atoms with Crippen LogP contribution < -0.4 is 0 Å². The summed E-state index contributed by atoms with van der Waals surface area (Å²) in [5.74, 6) is 0.796. The van der Waals surface area contributed by atoms with E-state index in [4.69, 9.17) is 4.74 Å². The van der Waals surface area contributed by atoms with Crippen LogP contribution in [0.3, 0.4) is 0 Å². The molecule has 0 bridgehead atoms. The Hall–Kier alpha value is -1.86. The predicted molar refractivity (Wildman–Crippen MR) is 83.1 cm³/mol. The zero-order chi connectivity index (χ0) is 16.5. The van der Waals surface area contributed by atoms with Crippen LogP contribution in [-0.2, 0) is 30.9 Å². The fourth-order valence-electron chi connectivity index (χ4n) is 3.60. The van der Waals surface area contributed by atoms with Crippen molar-refractivity contribution in [2.75, 3.05) is 19.7 Å². The molecule has 7 heteroatoms. The van der Waals surface area contributed by atoms with Crippen LogP contribution in [0.1, 0.15) is 23.6 Å². The third-order valence-corrected chi connectivity index (χ3v) is 4.84. The maximum absolute atomic E-state index is 13.3. The Bertz CT molecular complexity index is 733. The van der Waals surface area contributed by atoms with Crippen molar-refractivity contribution in [1.82, 2.24) is 19.7 Å². The Morgan fingerprint density at radius 1 is 1.17 bits per heavy atom. The van der Waals surface area contributed by atoms with Crippen LogP contribution in [-0.4, -0.2) is 39.4 Å². The molecule has 0 radical (unpaired) electrons. The third-order valence-electron chi connectivity index (χ3n) is 4.84. The second kappa shape index (κ2) is 6.57. The van der Waals surface area contributed by atoms with Crippen molar-refractivity contribution < 1.29 is 13.5 Å². The number of hydrogen-bond donors (Lipinski definition) is 0. The number of halogens is 2. The van der Waals surface area contributed by atoms with Gasteiger partial charge in [-0.15, -0.1) is 10.2 Å². The maximum Gasteiger partial charge on any atom is 0.159 e. The average Bonchev–Trinajstić information content (AvgIpc) is 3.19. The van der Waals surface area contributed by atoms with Gasteiger partial charge in [0, 0.05) is 13.1 Å². The molecule has 1 fully saturated rings. The molecule has 0 spiro atoms. The predicted octanol–water partition coefficient (Wildman–Crippen LogP) is 2.15. The minimum atomic E-state index is -0.785. The molecule has 0 amide bonds. The lowest BCUT2D eigenvalue weighted by molar-refractivity contribution is 0.0798. The highest BCUT2D eigenvalue weighted by molar-refractivity contribution is 5.18. The molecule has 24 heavy (non-hydrogen) atoms. The molecular weight excluding hydrogens is 314 g/mol. The normalized spacial score (nSPS) is 21.2. The highest BCUT2D eigenvalue weighted by Gasteiger charge is 2.25. The van der Waals surface area contributed by atoms with E-state index in [1.54, 1.807) is 6.07 Å². The highest BCUT2D eigenvalue weighted by atomic mass is 19.2. The molecule has 2 aromatic rings. The van der Waals surface area contributed by atoms with Gasteiger partial charge in [-0.3, -0.25) is 4.90 Å². The van der Waals surface area contributed by atoms with Gasteiger partial charge in [0.15, 0.2) is 17.5 Å². The first-order valence-corrected chi connectivity index (χ1v) is 8.34. The van der Waals surface area contributed by atoms with Crippen LogP contribution in [0, 0.1) is 17.6 Å². The summed E-state index contributed by atoms with van der Waals surface area (Å²) < 4.78 is 33.9. The molecule has 1 saturated heterocycles. The molecule has 1 unspecified atom stereocenters. The van der Waals surface area contributed by atoms with E-state index in [1.165, 1.54) is 12.1 Å². The molecule has 5 nitrogen and oxygen atoms in total. The lowest BCUT2D eigenvalue weighted by Crippen LogP contribution is -2.25. The monoisotopic (exact) mass is 334 g/mol. The van der Waals surface area contributed by atoms with Crippen molar-refractivity contribution in [3.8, 4) is 0 Å². The van der Waals surface area contributed by atoms with Gasteiger partial charge >= 0.3 is 0 Å². The Labute approximate surface area is 139 Å². The highest BCUT2D eigenvalue weighted by Crippen LogP contribution is 2.23. The maximum atomic E-state index is 13.3. The van der Waals surface area contributed by atoms with Gasteiger partial charge in [0.1, 0.15) is 12.4 Å². The van der Waals surface area contributed by atoms with Gasteiger partial charge < -0.3 is 9.30 Å². The quantitative estimate of drug-likeness (QED) is 0.859. The smallest absolute Gasteiger partial charge is 0.159 e. The topological polar surface area (TPSA) is 43.2 Å². The van der Waals surface area contributed by atoms with Crippen molar-refractivity contribution in [3.63, 3.8) is 0 Å². The molecule has 4 rings (SSSR count). The molecular formula is C17H20F2N4O. The van der Waals surface area contributed by atoms with E-state index < -0.39 is 11.6 Å². The molecule has 1 aromatic heterocycles. The lowest BCUT2D eigenvalue weighted by atomic mass is 9.98. The summed E-state index contributed by atoms with van der Waals surface area (Å²) in [4.78, 5) is 2.36. The van der Waals surface area contributed by atoms with Crippen LogP contribution in [0.25, 0.3) is 0 Å². The standard InChI is InChI=1S/C17H20F2N4O/c18-14-2-1-12(8-15(14)19)7-13-3-4-22(9-13)10-16-20-21-17-11-24-6-5-23(16)17/h1-2,8,13H,3-7,9-11H2.